The van der Waals surface area contributed by atoms with Gasteiger partial charge in [0.25, 0.3) is 0 Å². The number of benzene rings is 3. The first-order valence-corrected chi connectivity index (χ1v) is 13.1. The third kappa shape index (κ3) is 5.06. The first kappa shape index (κ1) is 24.9. The van der Waals surface area contributed by atoms with Crippen LogP contribution < -0.4 is 5.32 Å². The maximum atomic E-state index is 13.2. The maximum absolute atomic E-state index is 13.2. The van der Waals surface area contributed by atoms with E-state index in [-0.39, 0.29) is 29.2 Å². The summed E-state index contributed by atoms with van der Waals surface area (Å²) in [6, 6.07) is 18.8. The largest absolute Gasteiger partial charge is 0.504 e. The number of nitrogens with one attached hydrogen (secondary N) is 1. The summed E-state index contributed by atoms with van der Waals surface area (Å²) in [7, 11) is 1.89. The predicted molar refractivity (Wildman–Crippen MR) is 144 cm³/mol. The monoisotopic (exact) mass is 498 g/mol. The van der Waals surface area contributed by atoms with Crippen LogP contribution in [-0.4, -0.2) is 34.0 Å². The van der Waals surface area contributed by atoms with Gasteiger partial charge in [0.2, 0.25) is 11.8 Å². The smallest absolute Gasteiger partial charge is 0.235 e. The van der Waals surface area contributed by atoms with Gasteiger partial charge in [0, 0.05) is 25.2 Å². The molecule has 3 aromatic carbocycles. The summed E-state index contributed by atoms with van der Waals surface area (Å²) in [5.41, 5.74) is 5.01. The molecule has 0 aromatic heterocycles. The lowest BCUT2D eigenvalue weighted by molar-refractivity contribution is -0.134. The van der Waals surface area contributed by atoms with Crippen molar-refractivity contribution >= 4 is 17.5 Å². The van der Waals surface area contributed by atoms with Crippen LogP contribution in [-0.2, 0) is 21.5 Å². The number of carbonyl (C=O) groups excluding carboxylic acids is 2. The van der Waals surface area contributed by atoms with Crippen LogP contribution in [0.4, 0.5) is 5.69 Å². The Hall–Kier alpha value is -3.80. The summed E-state index contributed by atoms with van der Waals surface area (Å²) in [6.07, 6.45) is 5.71. The standard InChI is InChI=1S/C31H34N2O4/c1-20-7-13-25(32-30(37)31(15-16-31)24-12-14-27(34)28(35)17-24)18-26(20)22-10-8-21(9-11-22)19-33(2)29(36)23-5-3-4-6-23/h7-14,17-18,23,34-35H,3-6,15-16,19H2,1-2H3,(H,32,37). The Morgan fingerprint density at radius 1 is 0.946 bits per heavy atom. The molecule has 0 unspecified atom stereocenters. The Bertz CT molecular complexity index is 1320. The Morgan fingerprint density at radius 2 is 1.65 bits per heavy atom. The average Bonchev–Trinajstić information content (AvgIpc) is 3.53. The summed E-state index contributed by atoms with van der Waals surface area (Å²) >= 11 is 0. The summed E-state index contributed by atoms with van der Waals surface area (Å²) in [5.74, 6) is -0.0955. The second kappa shape index (κ2) is 9.92. The number of nitrogens with zero attached hydrogens (tertiary/aromatic N) is 1. The molecule has 3 aromatic rings. The summed E-state index contributed by atoms with van der Waals surface area (Å²) in [4.78, 5) is 27.8. The van der Waals surface area contributed by atoms with Gasteiger partial charge in [-0.05, 0) is 84.7 Å². The van der Waals surface area contributed by atoms with Gasteiger partial charge in [-0.25, -0.2) is 0 Å². The van der Waals surface area contributed by atoms with Crippen LogP contribution in [0.25, 0.3) is 11.1 Å². The lowest BCUT2D eigenvalue weighted by Gasteiger charge is -2.21. The van der Waals surface area contributed by atoms with Crippen molar-refractivity contribution in [2.24, 2.45) is 5.92 Å². The van der Waals surface area contributed by atoms with E-state index in [1.807, 2.05) is 37.1 Å². The van der Waals surface area contributed by atoms with E-state index in [1.165, 1.54) is 12.1 Å². The van der Waals surface area contributed by atoms with E-state index in [1.54, 1.807) is 6.07 Å². The van der Waals surface area contributed by atoms with Crippen LogP contribution in [0.1, 0.15) is 55.2 Å². The fourth-order valence-electron chi connectivity index (χ4n) is 5.48. The minimum atomic E-state index is -0.681. The van der Waals surface area contributed by atoms with Crippen LogP contribution in [0.15, 0.2) is 60.7 Å². The number of rotatable bonds is 7. The zero-order valence-electron chi connectivity index (χ0n) is 21.5. The highest BCUT2D eigenvalue weighted by molar-refractivity contribution is 6.02. The van der Waals surface area contributed by atoms with Crippen LogP contribution in [0.2, 0.25) is 0 Å². The van der Waals surface area contributed by atoms with Crippen molar-refractivity contribution in [1.82, 2.24) is 4.90 Å². The van der Waals surface area contributed by atoms with E-state index in [4.69, 9.17) is 0 Å². The maximum Gasteiger partial charge on any atom is 0.235 e. The zero-order valence-corrected chi connectivity index (χ0v) is 21.5. The van der Waals surface area contributed by atoms with E-state index in [0.717, 1.165) is 47.9 Å². The van der Waals surface area contributed by atoms with Crippen molar-refractivity contribution in [2.45, 2.75) is 57.4 Å². The molecule has 37 heavy (non-hydrogen) atoms. The fourth-order valence-corrected chi connectivity index (χ4v) is 5.48. The molecule has 2 aliphatic carbocycles. The third-order valence-electron chi connectivity index (χ3n) is 7.97. The van der Waals surface area contributed by atoms with Gasteiger partial charge in [0.15, 0.2) is 11.5 Å². The number of carbonyl (C=O) groups is 2. The number of hydrogen-bond acceptors (Lipinski definition) is 4. The minimum Gasteiger partial charge on any atom is -0.504 e. The van der Waals surface area contributed by atoms with E-state index in [9.17, 15) is 19.8 Å². The molecule has 6 nitrogen and oxygen atoms in total. The first-order valence-electron chi connectivity index (χ1n) is 13.1. The molecule has 0 saturated heterocycles. The Balaban J connectivity index is 1.29. The number of anilines is 1. The minimum absolute atomic E-state index is 0.113. The molecule has 0 aliphatic heterocycles. The van der Waals surface area contributed by atoms with Crippen molar-refractivity contribution < 1.29 is 19.8 Å². The molecule has 0 heterocycles. The van der Waals surface area contributed by atoms with Gasteiger partial charge in [-0.1, -0.05) is 49.2 Å². The van der Waals surface area contributed by atoms with Crippen molar-refractivity contribution in [3.63, 3.8) is 0 Å². The molecule has 0 spiro atoms. The first-order chi connectivity index (χ1) is 17.8. The number of phenols is 2. The summed E-state index contributed by atoms with van der Waals surface area (Å²) in [6.45, 7) is 2.64. The van der Waals surface area contributed by atoms with Crippen LogP contribution in [0.5, 0.6) is 11.5 Å². The lowest BCUT2D eigenvalue weighted by Crippen LogP contribution is -2.31. The second-order valence-electron chi connectivity index (χ2n) is 10.6. The fraction of sp³-hybridized carbons (Fsp3) is 0.355. The Labute approximate surface area is 217 Å². The van der Waals surface area contributed by atoms with Gasteiger partial charge in [0.05, 0.1) is 5.41 Å². The highest BCUT2D eigenvalue weighted by Crippen LogP contribution is 2.50. The summed E-state index contributed by atoms with van der Waals surface area (Å²) in [5, 5.41) is 22.6. The van der Waals surface area contributed by atoms with Crippen LogP contribution in [0, 0.1) is 12.8 Å². The molecule has 5 rings (SSSR count). The van der Waals surface area contributed by atoms with Crippen molar-refractivity contribution in [2.75, 3.05) is 12.4 Å². The Morgan fingerprint density at radius 3 is 2.30 bits per heavy atom. The van der Waals surface area contributed by atoms with Crippen LogP contribution >= 0.6 is 0 Å². The topological polar surface area (TPSA) is 89.9 Å². The SMILES string of the molecule is Cc1ccc(NC(=O)C2(c3ccc(O)c(O)c3)CC2)cc1-c1ccc(CN(C)C(=O)C2CCCC2)cc1. The lowest BCUT2D eigenvalue weighted by atomic mass is 9.94. The highest BCUT2D eigenvalue weighted by atomic mass is 16.3. The van der Waals surface area contributed by atoms with Gasteiger partial charge < -0.3 is 20.4 Å². The molecule has 6 heteroatoms. The molecule has 2 saturated carbocycles. The average molecular weight is 499 g/mol. The van der Waals surface area contributed by atoms with E-state index >= 15 is 0 Å². The molecule has 3 N–H and O–H groups in total. The van der Waals surface area contributed by atoms with Gasteiger partial charge in [-0.3, -0.25) is 9.59 Å². The number of phenolic OH excluding ortho intramolecular Hbond substituents is 2. The molecular formula is C31H34N2O4. The number of hydrogen-bond donors (Lipinski definition) is 3. The number of amides is 2. The van der Waals surface area contributed by atoms with E-state index in [2.05, 4.69) is 29.6 Å². The molecular weight excluding hydrogens is 464 g/mol. The van der Waals surface area contributed by atoms with Gasteiger partial charge >= 0.3 is 0 Å². The molecule has 2 aliphatic rings. The Kier molecular flexibility index (Phi) is 6.67. The van der Waals surface area contributed by atoms with E-state index in [0.29, 0.717) is 30.6 Å². The van der Waals surface area contributed by atoms with Crippen molar-refractivity contribution in [3.8, 4) is 22.6 Å². The molecule has 2 amide bonds. The van der Waals surface area contributed by atoms with Crippen molar-refractivity contribution in [1.29, 1.82) is 0 Å². The second-order valence-corrected chi connectivity index (χ2v) is 10.6. The molecule has 2 fully saturated rings. The predicted octanol–water partition coefficient (Wildman–Crippen LogP) is 5.89. The molecule has 192 valence electrons. The number of aromatic hydroxyl groups is 2. The molecule has 0 radical (unpaired) electrons. The van der Waals surface area contributed by atoms with Crippen molar-refractivity contribution in [3.05, 3.63) is 77.4 Å². The highest BCUT2D eigenvalue weighted by Gasteiger charge is 2.51. The molecule has 0 bridgehead atoms. The van der Waals surface area contributed by atoms with Crippen LogP contribution in [0.3, 0.4) is 0 Å². The number of aryl methyl sites for hydroxylation is 1. The van der Waals surface area contributed by atoms with Gasteiger partial charge in [-0.15, -0.1) is 0 Å². The summed E-state index contributed by atoms with van der Waals surface area (Å²) < 4.78 is 0. The van der Waals surface area contributed by atoms with Gasteiger partial charge in [-0.2, -0.15) is 0 Å². The normalized spacial score (nSPS) is 16.4. The van der Waals surface area contributed by atoms with E-state index < -0.39 is 5.41 Å². The third-order valence-corrected chi connectivity index (χ3v) is 7.97. The molecule has 0 atom stereocenters. The quantitative estimate of drug-likeness (QED) is 0.354. The van der Waals surface area contributed by atoms with Gasteiger partial charge in [0.1, 0.15) is 0 Å². The zero-order chi connectivity index (χ0) is 26.2.